The van der Waals surface area contributed by atoms with E-state index in [0.717, 1.165) is 38.2 Å². The molecule has 1 aliphatic heterocycles. The Hall–Kier alpha value is -0.610. The number of halogens is 2. The Labute approximate surface area is 118 Å². The van der Waals surface area contributed by atoms with Crippen LogP contribution in [0.2, 0.25) is 10.3 Å². The molecule has 0 saturated carbocycles. The molecule has 1 aliphatic rings. The van der Waals surface area contributed by atoms with Crippen LogP contribution in [-0.2, 0) is 0 Å². The fourth-order valence-corrected chi connectivity index (χ4v) is 2.77. The van der Waals surface area contributed by atoms with Gasteiger partial charge in [0.05, 0.1) is 0 Å². The van der Waals surface area contributed by atoms with E-state index in [1.807, 2.05) is 12.1 Å². The summed E-state index contributed by atoms with van der Waals surface area (Å²) >= 11 is 12.1. The van der Waals surface area contributed by atoms with Gasteiger partial charge in [0, 0.05) is 37.8 Å². The molecule has 5 heteroatoms. The molecule has 2 heterocycles. The van der Waals surface area contributed by atoms with Crippen molar-refractivity contribution in [1.29, 1.82) is 0 Å². The molecular weight excluding hydrogens is 269 g/mol. The van der Waals surface area contributed by atoms with Gasteiger partial charge in [-0.2, -0.15) is 0 Å². The van der Waals surface area contributed by atoms with Crippen LogP contribution in [0.5, 0.6) is 0 Å². The third-order valence-electron chi connectivity index (χ3n) is 3.18. The maximum Gasteiger partial charge on any atom is 0.135 e. The number of rotatable bonds is 4. The van der Waals surface area contributed by atoms with E-state index in [0.29, 0.717) is 10.3 Å². The molecule has 0 bridgehead atoms. The maximum atomic E-state index is 6.21. The predicted octanol–water partition coefficient (Wildman–Crippen LogP) is 2.91. The highest BCUT2D eigenvalue weighted by Crippen LogP contribution is 2.30. The summed E-state index contributed by atoms with van der Waals surface area (Å²) < 4.78 is 0. The minimum atomic E-state index is 0.238. The predicted molar refractivity (Wildman–Crippen MR) is 76.3 cm³/mol. The van der Waals surface area contributed by atoms with Crippen molar-refractivity contribution in [3.63, 3.8) is 0 Å². The average Bonchev–Trinajstić information content (AvgIpc) is 2.38. The molecule has 0 aliphatic carbocycles. The van der Waals surface area contributed by atoms with Crippen molar-refractivity contribution < 1.29 is 0 Å². The SMILES string of the molecule is C=CC[C@@H](c1ccc(Cl)nc1Cl)N1CCNCC1. The molecule has 0 amide bonds. The summed E-state index contributed by atoms with van der Waals surface area (Å²) in [7, 11) is 0. The summed E-state index contributed by atoms with van der Waals surface area (Å²) in [6.07, 6.45) is 2.79. The smallest absolute Gasteiger partial charge is 0.135 e. The molecule has 2 rings (SSSR count). The van der Waals surface area contributed by atoms with E-state index < -0.39 is 0 Å². The first-order valence-corrected chi connectivity index (χ1v) is 6.85. The second-order valence-electron chi connectivity index (χ2n) is 4.34. The lowest BCUT2D eigenvalue weighted by Crippen LogP contribution is -2.45. The molecule has 1 atom stereocenters. The second-order valence-corrected chi connectivity index (χ2v) is 5.09. The first-order valence-electron chi connectivity index (χ1n) is 6.10. The van der Waals surface area contributed by atoms with Crippen molar-refractivity contribution in [3.05, 3.63) is 40.7 Å². The number of hydrogen-bond donors (Lipinski definition) is 1. The Kier molecular flexibility index (Phi) is 5.01. The first kappa shape index (κ1) is 13.8. The zero-order valence-corrected chi connectivity index (χ0v) is 11.7. The molecule has 0 unspecified atom stereocenters. The van der Waals surface area contributed by atoms with Gasteiger partial charge >= 0.3 is 0 Å². The third-order valence-corrected chi connectivity index (χ3v) is 3.70. The van der Waals surface area contributed by atoms with Crippen molar-refractivity contribution in [3.8, 4) is 0 Å². The molecule has 98 valence electrons. The molecule has 1 aromatic heterocycles. The number of aromatic nitrogens is 1. The van der Waals surface area contributed by atoms with E-state index in [9.17, 15) is 0 Å². The quantitative estimate of drug-likeness (QED) is 0.681. The van der Waals surface area contributed by atoms with Crippen LogP contribution in [-0.4, -0.2) is 36.1 Å². The number of nitrogens with one attached hydrogen (secondary N) is 1. The lowest BCUT2D eigenvalue weighted by atomic mass is 10.0. The highest BCUT2D eigenvalue weighted by Gasteiger charge is 2.23. The van der Waals surface area contributed by atoms with Gasteiger partial charge in [0.2, 0.25) is 0 Å². The molecule has 0 aromatic carbocycles. The van der Waals surface area contributed by atoms with Crippen LogP contribution in [0.15, 0.2) is 24.8 Å². The largest absolute Gasteiger partial charge is 0.314 e. The number of hydrogen-bond acceptors (Lipinski definition) is 3. The highest BCUT2D eigenvalue weighted by atomic mass is 35.5. The van der Waals surface area contributed by atoms with Crippen molar-refractivity contribution in [2.45, 2.75) is 12.5 Å². The Balaban J connectivity index is 2.24. The summed E-state index contributed by atoms with van der Waals surface area (Å²) in [5.41, 5.74) is 1.03. The minimum absolute atomic E-state index is 0.238. The van der Waals surface area contributed by atoms with E-state index >= 15 is 0 Å². The van der Waals surface area contributed by atoms with Gasteiger partial charge in [-0.05, 0) is 12.5 Å². The number of pyridine rings is 1. The Morgan fingerprint density at radius 2 is 2.11 bits per heavy atom. The van der Waals surface area contributed by atoms with Gasteiger partial charge < -0.3 is 5.32 Å². The van der Waals surface area contributed by atoms with Crippen LogP contribution >= 0.6 is 23.2 Å². The summed E-state index contributed by atoms with van der Waals surface area (Å²) in [5.74, 6) is 0. The molecular formula is C13H17Cl2N3. The van der Waals surface area contributed by atoms with E-state index in [-0.39, 0.29) is 6.04 Å². The maximum absolute atomic E-state index is 6.21. The Morgan fingerprint density at radius 1 is 1.39 bits per heavy atom. The molecule has 1 N–H and O–H groups in total. The van der Waals surface area contributed by atoms with Gasteiger partial charge in [-0.15, -0.1) is 6.58 Å². The van der Waals surface area contributed by atoms with E-state index in [1.165, 1.54) is 0 Å². The van der Waals surface area contributed by atoms with E-state index in [2.05, 4.69) is 21.8 Å². The minimum Gasteiger partial charge on any atom is -0.314 e. The molecule has 3 nitrogen and oxygen atoms in total. The van der Waals surface area contributed by atoms with Gasteiger partial charge in [0.25, 0.3) is 0 Å². The molecule has 1 saturated heterocycles. The van der Waals surface area contributed by atoms with E-state index in [1.54, 1.807) is 6.07 Å². The highest BCUT2D eigenvalue weighted by molar-refractivity contribution is 6.32. The van der Waals surface area contributed by atoms with Crippen LogP contribution in [0.1, 0.15) is 18.0 Å². The third kappa shape index (κ3) is 3.23. The van der Waals surface area contributed by atoms with Crippen LogP contribution in [0, 0.1) is 0 Å². The topological polar surface area (TPSA) is 28.2 Å². The van der Waals surface area contributed by atoms with Gasteiger partial charge in [0.15, 0.2) is 0 Å². The Morgan fingerprint density at radius 3 is 2.72 bits per heavy atom. The molecule has 1 fully saturated rings. The van der Waals surface area contributed by atoms with Gasteiger partial charge in [0.1, 0.15) is 10.3 Å². The number of piperazine rings is 1. The first-order chi connectivity index (χ1) is 8.72. The van der Waals surface area contributed by atoms with Crippen molar-refractivity contribution >= 4 is 23.2 Å². The number of nitrogens with zero attached hydrogens (tertiary/aromatic N) is 2. The fraction of sp³-hybridized carbons (Fsp3) is 0.462. The molecule has 18 heavy (non-hydrogen) atoms. The second kappa shape index (κ2) is 6.53. The van der Waals surface area contributed by atoms with Gasteiger partial charge in [-0.3, -0.25) is 4.90 Å². The van der Waals surface area contributed by atoms with E-state index in [4.69, 9.17) is 23.2 Å². The normalized spacial score (nSPS) is 18.6. The van der Waals surface area contributed by atoms with Crippen molar-refractivity contribution in [1.82, 2.24) is 15.2 Å². The van der Waals surface area contributed by atoms with Crippen LogP contribution in [0.25, 0.3) is 0 Å². The van der Waals surface area contributed by atoms with Crippen molar-refractivity contribution in [2.75, 3.05) is 26.2 Å². The summed E-state index contributed by atoms with van der Waals surface area (Å²) in [6.45, 7) is 7.87. The fourth-order valence-electron chi connectivity index (χ4n) is 2.30. The zero-order chi connectivity index (χ0) is 13.0. The summed E-state index contributed by atoms with van der Waals surface area (Å²) in [4.78, 5) is 6.54. The molecule has 0 radical (unpaired) electrons. The van der Waals surface area contributed by atoms with Crippen LogP contribution in [0.3, 0.4) is 0 Å². The van der Waals surface area contributed by atoms with Gasteiger partial charge in [-0.25, -0.2) is 4.98 Å². The van der Waals surface area contributed by atoms with Gasteiger partial charge in [-0.1, -0.05) is 35.3 Å². The van der Waals surface area contributed by atoms with Crippen molar-refractivity contribution in [2.24, 2.45) is 0 Å². The summed E-state index contributed by atoms with van der Waals surface area (Å²) in [5, 5.41) is 4.27. The average molecular weight is 286 g/mol. The zero-order valence-electron chi connectivity index (χ0n) is 10.2. The monoisotopic (exact) mass is 285 g/mol. The summed E-state index contributed by atoms with van der Waals surface area (Å²) in [6, 6.07) is 4.00. The van der Waals surface area contributed by atoms with Crippen LogP contribution in [0.4, 0.5) is 0 Å². The molecule has 1 aromatic rings. The molecule has 0 spiro atoms. The lowest BCUT2D eigenvalue weighted by molar-refractivity contribution is 0.174. The lowest BCUT2D eigenvalue weighted by Gasteiger charge is -2.35. The van der Waals surface area contributed by atoms with Crippen LogP contribution < -0.4 is 5.32 Å². The standard InChI is InChI=1S/C13H17Cl2N3/c1-2-3-11(18-8-6-16-7-9-18)10-4-5-12(14)17-13(10)15/h2,4-5,11,16H,1,3,6-9H2/t11-/m0/s1. The Bertz CT molecular complexity index is 417.